The van der Waals surface area contributed by atoms with Crippen LogP contribution in [-0.2, 0) is 23.2 Å². The van der Waals surface area contributed by atoms with Crippen molar-refractivity contribution in [1.82, 2.24) is 13.9 Å². The summed E-state index contributed by atoms with van der Waals surface area (Å²) >= 11 is 0. The zero-order valence-corrected chi connectivity index (χ0v) is 16.3. The van der Waals surface area contributed by atoms with E-state index in [4.69, 9.17) is 4.74 Å². The van der Waals surface area contributed by atoms with Gasteiger partial charge in [-0.2, -0.15) is 17.0 Å². The fourth-order valence-electron chi connectivity index (χ4n) is 3.98. The molecule has 0 aliphatic carbocycles. The number of nitrogens with one attached hydrogen (secondary N) is 1. The molecule has 2 aliphatic heterocycles. The van der Waals surface area contributed by atoms with Crippen molar-refractivity contribution in [2.75, 3.05) is 33.3 Å². The van der Waals surface area contributed by atoms with Gasteiger partial charge >= 0.3 is 0 Å². The molecule has 2 aromatic carbocycles. The predicted molar refractivity (Wildman–Crippen MR) is 105 cm³/mol. The minimum absolute atomic E-state index is 0.280. The van der Waals surface area contributed by atoms with Crippen molar-refractivity contribution in [3.8, 4) is 5.75 Å². The normalized spacial score (nSPS) is 21.6. The number of nitrogens with zero attached hydrogens (tertiary/aromatic N) is 2. The maximum Gasteiger partial charge on any atom is 0.282 e. The average Bonchev–Trinajstić information content (AvgIpc) is 2.73. The summed E-state index contributed by atoms with van der Waals surface area (Å²) in [7, 11) is -1.96. The summed E-state index contributed by atoms with van der Waals surface area (Å²) in [5.41, 5.74) is 3.23. The molecule has 2 aromatic rings. The Morgan fingerprint density at radius 1 is 1.04 bits per heavy atom. The van der Waals surface area contributed by atoms with E-state index in [9.17, 15) is 8.42 Å². The Bertz CT molecular complexity index is 916. The van der Waals surface area contributed by atoms with Gasteiger partial charge in [-0.3, -0.25) is 0 Å². The van der Waals surface area contributed by atoms with Gasteiger partial charge in [0.15, 0.2) is 0 Å². The van der Waals surface area contributed by atoms with Crippen LogP contribution < -0.4 is 10.1 Å². The third-order valence-electron chi connectivity index (χ3n) is 5.41. The van der Waals surface area contributed by atoms with Crippen LogP contribution in [0.3, 0.4) is 0 Å². The first-order chi connectivity index (χ1) is 13.1. The number of hydrogen-bond acceptors (Lipinski definition) is 4. The lowest BCUT2D eigenvalue weighted by atomic mass is 10.0. The summed E-state index contributed by atoms with van der Waals surface area (Å²) in [5, 5.41) is 3.33. The van der Waals surface area contributed by atoms with Gasteiger partial charge in [-0.1, -0.05) is 42.5 Å². The van der Waals surface area contributed by atoms with Crippen LogP contribution in [0.4, 0.5) is 0 Å². The topological polar surface area (TPSA) is 61.9 Å². The SMILES string of the molecule is COc1ccccc1C1CNCCN1S(=O)(=O)N1CCc2ccccc2C1. The summed E-state index contributed by atoms with van der Waals surface area (Å²) in [4.78, 5) is 0. The van der Waals surface area contributed by atoms with Crippen LogP contribution in [0.15, 0.2) is 48.5 Å². The average molecular weight is 388 g/mol. The smallest absolute Gasteiger partial charge is 0.282 e. The van der Waals surface area contributed by atoms with E-state index < -0.39 is 10.2 Å². The van der Waals surface area contributed by atoms with Crippen LogP contribution in [0.2, 0.25) is 0 Å². The van der Waals surface area contributed by atoms with E-state index in [0.717, 1.165) is 23.3 Å². The summed E-state index contributed by atoms with van der Waals surface area (Å²) < 4.78 is 35.8. The number of para-hydroxylation sites is 1. The van der Waals surface area contributed by atoms with Crippen molar-refractivity contribution in [2.45, 2.75) is 19.0 Å². The third kappa shape index (κ3) is 3.48. The molecule has 6 nitrogen and oxygen atoms in total. The molecular formula is C20H25N3O3S. The number of ether oxygens (including phenoxy) is 1. The van der Waals surface area contributed by atoms with E-state index in [0.29, 0.717) is 32.7 Å². The molecule has 0 bridgehead atoms. The molecule has 4 rings (SSSR count). The Balaban J connectivity index is 1.65. The second-order valence-electron chi connectivity index (χ2n) is 6.93. The van der Waals surface area contributed by atoms with Crippen LogP contribution in [0.1, 0.15) is 22.7 Å². The van der Waals surface area contributed by atoms with Gasteiger partial charge in [0, 0.05) is 38.3 Å². The van der Waals surface area contributed by atoms with Crippen LogP contribution in [0, 0.1) is 0 Å². The third-order valence-corrected chi connectivity index (χ3v) is 7.40. The second kappa shape index (κ2) is 7.59. The van der Waals surface area contributed by atoms with E-state index >= 15 is 0 Å². The zero-order valence-electron chi connectivity index (χ0n) is 15.5. The lowest BCUT2D eigenvalue weighted by molar-refractivity contribution is 0.238. The van der Waals surface area contributed by atoms with Crippen LogP contribution >= 0.6 is 0 Å². The number of hydrogen-bond donors (Lipinski definition) is 1. The maximum atomic E-state index is 13.5. The van der Waals surface area contributed by atoms with Gasteiger partial charge in [-0.25, -0.2) is 0 Å². The number of piperazine rings is 1. The molecular weight excluding hydrogens is 362 g/mol. The standard InChI is InChI=1S/C20H25N3O3S/c1-26-20-9-5-4-8-18(20)19-14-21-11-13-23(19)27(24,25)22-12-10-16-6-2-3-7-17(16)15-22/h2-9,19,21H,10-15H2,1H3. The molecule has 0 radical (unpaired) electrons. The van der Waals surface area contributed by atoms with Crippen LogP contribution in [-0.4, -0.2) is 50.3 Å². The van der Waals surface area contributed by atoms with E-state index in [-0.39, 0.29) is 6.04 Å². The Morgan fingerprint density at radius 3 is 2.59 bits per heavy atom. The van der Waals surface area contributed by atoms with Gasteiger partial charge in [-0.15, -0.1) is 0 Å². The molecule has 1 unspecified atom stereocenters. The number of benzene rings is 2. The highest BCUT2D eigenvalue weighted by Crippen LogP contribution is 2.34. The van der Waals surface area contributed by atoms with Gasteiger partial charge in [0.05, 0.1) is 13.2 Å². The predicted octanol–water partition coefficient (Wildman–Crippen LogP) is 1.94. The lowest BCUT2D eigenvalue weighted by Crippen LogP contribution is -2.54. The minimum atomic E-state index is -3.58. The van der Waals surface area contributed by atoms with E-state index in [2.05, 4.69) is 11.4 Å². The van der Waals surface area contributed by atoms with Crippen LogP contribution in [0.25, 0.3) is 0 Å². The van der Waals surface area contributed by atoms with Crippen molar-refractivity contribution in [1.29, 1.82) is 0 Å². The van der Waals surface area contributed by atoms with E-state index in [1.807, 2.05) is 42.5 Å². The van der Waals surface area contributed by atoms with Crippen molar-refractivity contribution in [3.63, 3.8) is 0 Å². The van der Waals surface area contributed by atoms with Gasteiger partial charge in [0.2, 0.25) is 0 Å². The molecule has 0 amide bonds. The molecule has 0 aromatic heterocycles. The Kier molecular flexibility index (Phi) is 5.19. The largest absolute Gasteiger partial charge is 0.496 e. The monoisotopic (exact) mass is 387 g/mol. The first-order valence-corrected chi connectivity index (χ1v) is 10.7. The molecule has 2 heterocycles. The van der Waals surface area contributed by atoms with Gasteiger partial charge < -0.3 is 10.1 Å². The molecule has 7 heteroatoms. The molecule has 27 heavy (non-hydrogen) atoms. The van der Waals surface area contributed by atoms with Crippen molar-refractivity contribution in [2.24, 2.45) is 0 Å². The van der Waals surface area contributed by atoms with Gasteiger partial charge in [0.1, 0.15) is 5.75 Å². The number of fused-ring (bicyclic) bond motifs is 1. The molecule has 144 valence electrons. The summed E-state index contributed by atoms with van der Waals surface area (Å²) in [5.74, 6) is 0.718. The molecule has 1 atom stereocenters. The summed E-state index contributed by atoms with van der Waals surface area (Å²) in [6, 6.07) is 15.5. The Labute approximate surface area is 160 Å². The molecule has 1 saturated heterocycles. The highest BCUT2D eigenvalue weighted by molar-refractivity contribution is 7.86. The maximum absolute atomic E-state index is 13.5. The second-order valence-corrected chi connectivity index (χ2v) is 8.81. The molecule has 2 aliphatic rings. The molecule has 1 fully saturated rings. The highest BCUT2D eigenvalue weighted by atomic mass is 32.2. The zero-order chi connectivity index (χ0) is 18.9. The van der Waals surface area contributed by atoms with Crippen molar-refractivity contribution >= 4 is 10.2 Å². The Morgan fingerprint density at radius 2 is 1.78 bits per heavy atom. The quantitative estimate of drug-likeness (QED) is 0.871. The van der Waals surface area contributed by atoms with Crippen molar-refractivity contribution < 1.29 is 13.2 Å². The lowest BCUT2D eigenvalue weighted by Gasteiger charge is -2.40. The van der Waals surface area contributed by atoms with E-state index in [1.165, 1.54) is 5.56 Å². The first kappa shape index (κ1) is 18.4. The van der Waals surface area contributed by atoms with Crippen LogP contribution in [0.5, 0.6) is 5.75 Å². The number of rotatable bonds is 4. The fourth-order valence-corrected chi connectivity index (χ4v) is 5.74. The van der Waals surface area contributed by atoms with Crippen molar-refractivity contribution in [3.05, 3.63) is 65.2 Å². The molecule has 1 N–H and O–H groups in total. The van der Waals surface area contributed by atoms with E-state index in [1.54, 1.807) is 15.7 Å². The number of methoxy groups -OCH3 is 1. The molecule has 0 spiro atoms. The summed E-state index contributed by atoms with van der Waals surface area (Å²) in [6.07, 6.45) is 0.751. The summed E-state index contributed by atoms with van der Waals surface area (Å²) in [6.45, 7) is 2.62. The Hall–Kier alpha value is -1.93. The van der Waals surface area contributed by atoms with Gasteiger partial charge in [0.25, 0.3) is 10.2 Å². The minimum Gasteiger partial charge on any atom is -0.496 e. The highest BCUT2D eigenvalue weighted by Gasteiger charge is 2.39. The fraction of sp³-hybridized carbons (Fsp3) is 0.400. The molecule has 0 saturated carbocycles. The van der Waals surface area contributed by atoms with Gasteiger partial charge in [-0.05, 0) is 23.6 Å². The first-order valence-electron chi connectivity index (χ1n) is 9.28.